The van der Waals surface area contributed by atoms with Gasteiger partial charge >= 0.3 is 11.9 Å². The Balaban J connectivity index is 3.90. The molecule has 0 radical (unpaired) electrons. The van der Waals surface area contributed by atoms with Crippen molar-refractivity contribution < 1.29 is 19.1 Å². The fourth-order valence-electron chi connectivity index (χ4n) is 3.69. The SMILES string of the molecule is CCCCCCCCCCCCCCOC(=O)C(C)(C)C(=O)OC(CCC)CCCC. The third-order valence-electron chi connectivity index (χ3n) is 6.02. The van der Waals surface area contributed by atoms with Gasteiger partial charge in [-0.05, 0) is 33.1 Å². The van der Waals surface area contributed by atoms with Crippen LogP contribution < -0.4 is 0 Å². The molecule has 4 nitrogen and oxygen atoms in total. The van der Waals surface area contributed by atoms with Crippen molar-refractivity contribution in [2.45, 2.75) is 150 Å². The van der Waals surface area contributed by atoms with Gasteiger partial charge in [-0.2, -0.15) is 0 Å². The minimum Gasteiger partial charge on any atom is -0.465 e. The van der Waals surface area contributed by atoms with E-state index < -0.39 is 17.4 Å². The maximum absolute atomic E-state index is 12.6. The predicted octanol–water partition coefficient (Wildman–Crippen LogP) is 8.16. The summed E-state index contributed by atoms with van der Waals surface area (Å²) in [5.41, 5.74) is -1.24. The molecule has 0 aliphatic heterocycles. The second-order valence-corrected chi connectivity index (χ2v) is 9.61. The zero-order valence-corrected chi connectivity index (χ0v) is 21.4. The Morgan fingerprint density at radius 2 is 1.10 bits per heavy atom. The zero-order valence-electron chi connectivity index (χ0n) is 21.4. The molecule has 184 valence electrons. The van der Waals surface area contributed by atoms with Crippen LogP contribution >= 0.6 is 0 Å². The highest BCUT2D eigenvalue weighted by atomic mass is 16.6. The van der Waals surface area contributed by atoms with Crippen molar-refractivity contribution in [2.75, 3.05) is 6.61 Å². The average Bonchev–Trinajstić information content (AvgIpc) is 2.75. The number of hydrogen-bond donors (Lipinski definition) is 0. The Morgan fingerprint density at radius 3 is 1.58 bits per heavy atom. The molecule has 0 spiro atoms. The molecule has 0 amide bonds. The van der Waals surface area contributed by atoms with Gasteiger partial charge in [0, 0.05) is 0 Å². The second kappa shape index (κ2) is 19.6. The molecule has 0 aliphatic rings. The minimum atomic E-state index is -1.24. The highest BCUT2D eigenvalue weighted by molar-refractivity contribution is 5.99. The van der Waals surface area contributed by atoms with E-state index >= 15 is 0 Å². The Kier molecular flexibility index (Phi) is 18.9. The summed E-state index contributed by atoms with van der Waals surface area (Å²) < 4.78 is 11.1. The highest BCUT2D eigenvalue weighted by Crippen LogP contribution is 2.23. The summed E-state index contributed by atoms with van der Waals surface area (Å²) in [6, 6.07) is 0. The Labute approximate surface area is 193 Å². The summed E-state index contributed by atoms with van der Waals surface area (Å²) in [5, 5.41) is 0. The first-order valence-electron chi connectivity index (χ1n) is 13.3. The average molecular weight is 441 g/mol. The lowest BCUT2D eigenvalue weighted by Gasteiger charge is -2.25. The zero-order chi connectivity index (χ0) is 23.4. The molecule has 1 unspecified atom stereocenters. The van der Waals surface area contributed by atoms with Gasteiger partial charge in [-0.15, -0.1) is 0 Å². The first-order valence-corrected chi connectivity index (χ1v) is 13.3. The normalized spacial score (nSPS) is 12.5. The third-order valence-corrected chi connectivity index (χ3v) is 6.02. The van der Waals surface area contributed by atoms with Gasteiger partial charge in [0.05, 0.1) is 6.61 Å². The van der Waals surface area contributed by atoms with Gasteiger partial charge in [-0.3, -0.25) is 9.59 Å². The minimum absolute atomic E-state index is 0.0964. The topological polar surface area (TPSA) is 52.6 Å². The van der Waals surface area contributed by atoms with Crippen LogP contribution in [-0.2, 0) is 19.1 Å². The van der Waals surface area contributed by atoms with Gasteiger partial charge in [-0.25, -0.2) is 0 Å². The molecule has 31 heavy (non-hydrogen) atoms. The second-order valence-electron chi connectivity index (χ2n) is 9.61. The van der Waals surface area contributed by atoms with E-state index in [4.69, 9.17) is 9.47 Å². The Morgan fingerprint density at radius 1 is 0.613 bits per heavy atom. The van der Waals surface area contributed by atoms with Crippen LogP contribution in [0.5, 0.6) is 0 Å². The van der Waals surface area contributed by atoms with Crippen LogP contribution in [0.4, 0.5) is 0 Å². The molecule has 0 aromatic carbocycles. The predicted molar refractivity (Wildman–Crippen MR) is 130 cm³/mol. The summed E-state index contributed by atoms with van der Waals surface area (Å²) >= 11 is 0. The van der Waals surface area contributed by atoms with Gasteiger partial charge in [0.1, 0.15) is 6.10 Å². The molecule has 4 heteroatoms. The summed E-state index contributed by atoms with van der Waals surface area (Å²) in [6.07, 6.45) is 19.9. The van der Waals surface area contributed by atoms with E-state index in [1.165, 1.54) is 64.2 Å². The summed E-state index contributed by atoms with van der Waals surface area (Å²) in [5.74, 6) is -0.923. The molecule has 0 heterocycles. The lowest BCUT2D eigenvalue weighted by atomic mass is 9.93. The highest BCUT2D eigenvalue weighted by Gasteiger charge is 2.40. The Hall–Kier alpha value is -1.06. The van der Waals surface area contributed by atoms with Crippen LogP contribution in [0.3, 0.4) is 0 Å². The molecular formula is C27H52O4. The fourth-order valence-corrected chi connectivity index (χ4v) is 3.69. The van der Waals surface area contributed by atoms with Crippen molar-refractivity contribution in [1.82, 2.24) is 0 Å². The number of hydrogen-bond acceptors (Lipinski definition) is 4. The molecular weight excluding hydrogens is 388 g/mol. The number of esters is 2. The number of rotatable bonds is 21. The van der Waals surface area contributed by atoms with Gasteiger partial charge in [0.25, 0.3) is 0 Å². The lowest BCUT2D eigenvalue weighted by molar-refractivity contribution is -0.173. The first-order chi connectivity index (χ1) is 14.9. The summed E-state index contributed by atoms with van der Waals surface area (Å²) in [7, 11) is 0. The quantitative estimate of drug-likeness (QED) is 0.103. The van der Waals surface area contributed by atoms with Crippen molar-refractivity contribution in [2.24, 2.45) is 5.41 Å². The molecule has 0 aromatic heterocycles. The third kappa shape index (κ3) is 15.4. The summed E-state index contributed by atoms with van der Waals surface area (Å²) in [4.78, 5) is 25.0. The van der Waals surface area contributed by atoms with Crippen LogP contribution in [-0.4, -0.2) is 24.6 Å². The van der Waals surface area contributed by atoms with Crippen molar-refractivity contribution >= 4 is 11.9 Å². The summed E-state index contributed by atoms with van der Waals surface area (Å²) in [6.45, 7) is 10.1. The molecule has 0 saturated carbocycles. The van der Waals surface area contributed by atoms with Crippen LogP contribution in [0.1, 0.15) is 144 Å². The van der Waals surface area contributed by atoms with Crippen molar-refractivity contribution in [3.63, 3.8) is 0 Å². The van der Waals surface area contributed by atoms with Crippen LogP contribution in [0.25, 0.3) is 0 Å². The van der Waals surface area contributed by atoms with Crippen LogP contribution in [0, 0.1) is 5.41 Å². The fraction of sp³-hybridized carbons (Fsp3) is 0.926. The monoisotopic (exact) mass is 440 g/mol. The van der Waals surface area contributed by atoms with E-state index in [-0.39, 0.29) is 6.10 Å². The number of ether oxygens (including phenoxy) is 2. The van der Waals surface area contributed by atoms with Gasteiger partial charge < -0.3 is 9.47 Å². The van der Waals surface area contributed by atoms with Crippen molar-refractivity contribution in [3.8, 4) is 0 Å². The number of carbonyl (C=O) groups is 2. The standard InChI is InChI=1S/C27H52O4/c1-6-9-11-12-13-14-15-16-17-18-19-20-23-30-25(28)27(4,5)26(29)31-24(21-8-3)22-10-7-2/h24H,6-23H2,1-5H3. The van der Waals surface area contributed by atoms with Crippen molar-refractivity contribution in [3.05, 3.63) is 0 Å². The smallest absolute Gasteiger partial charge is 0.323 e. The van der Waals surface area contributed by atoms with Crippen LogP contribution in [0.2, 0.25) is 0 Å². The molecule has 0 fully saturated rings. The Bertz CT molecular complexity index is 445. The first kappa shape index (κ1) is 29.9. The molecule has 0 saturated heterocycles. The van der Waals surface area contributed by atoms with E-state index in [0.717, 1.165) is 44.9 Å². The lowest BCUT2D eigenvalue weighted by Crippen LogP contribution is -2.38. The molecule has 0 aromatic rings. The van der Waals surface area contributed by atoms with E-state index in [9.17, 15) is 9.59 Å². The molecule has 0 bridgehead atoms. The molecule has 0 aliphatic carbocycles. The van der Waals surface area contributed by atoms with Gasteiger partial charge in [0.15, 0.2) is 5.41 Å². The van der Waals surface area contributed by atoms with E-state index in [0.29, 0.717) is 6.61 Å². The molecule has 1 atom stereocenters. The van der Waals surface area contributed by atoms with E-state index in [1.54, 1.807) is 13.8 Å². The maximum atomic E-state index is 12.6. The maximum Gasteiger partial charge on any atom is 0.323 e. The number of carbonyl (C=O) groups excluding carboxylic acids is 2. The van der Waals surface area contributed by atoms with Crippen molar-refractivity contribution in [1.29, 1.82) is 0 Å². The largest absolute Gasteiger partial charge is 0.465 e. The number of unbranched alkanes of at least 4 members (excludes halogenated alkanes) is 12. The van der Waals surface area contributed by atoms with E-state index in [2.05, 4.69) is 20.8 Å². The molecule has 0 rings (SSSR count). The van der Waals surface area contributed by atoms with Gasteiger partial charge in [0.2, 0.25) is 0 Å². The van der Waals surface area contributed by atoms with E-state index in [1.807, 2.05) is 0 Å². The molecule has 0 N–H and O–H groups in total. The van der Waals surface area contributed by atoms with Gasteiger partial charge in [-0.1, -0.05) is 111 Å². The van der Waals surface area contributed by atoms with Crippen LogP contribution in [0.15, 0.2) is 0 Å².